The summed E-state index contributed by atoms with van der Waals surface area (Å²) in [5.41, 5.74) is 1.30. The minimum absolute atomic E-state index is 0. The first-order valence-electron chi connectivity index (χ1n) is 6.27. The Morgan fingerprint density at radius 1 is 1.00 bits per heavy atom. The minimum atomic E-state index is 0. The molecule has 0 unspecified atom stereocenters. The zero-order chi connectivity index (χ0) is 12.1. The van der Waals surface area contributed by atoms with Gasteiger partial charge in [-0.05, 0) is 43.6 Å². The van der Waals surface area contributed by atoms with Gasteiger partial charge in [0.05, 0.1) is 14.2 Å². The van der Waals surface area contributed by atoms with Crippen molar-refractivity contribution in [1.29, 1.82) is 0 Å². The Morgan fingerprint density at radius 2 is 1.67 bits per heavy atom. The molecule has 0 saturated carbocycles. The summed E-state index contributed by atoms with van der Waals surface area (Å²) in [6.07, 6.45) is 4.03. The maximum Gasteiger partial charge on any atom is 0.161 e. The highest BCUT2D eigenvalue weighted by atomic mass is 35.5. The summed E-state index contributed by atoms with van der Waals surface area (Å²) in [6.45, 7) is 3.45. The molecule has 0 N–H and O–H groups in total. The number of hydrogen-bond acceptors (Lipinski definition) is 3. The Labute approximate surface area is 115 Å². The molecule has 1 fully saturated rings. The van der Waals surface area contributed by atoms with Gasteiger partial charge in [0, 0.05) is 6.54 Å². The number of halogens is 1. The predicted molar refractivity (Wildman–Crippen MR) is 75.9 cm³/mol. The fourth-order valence-corrected chi connectivity index (χ4v) is 2.35. The highest BCUT2D eigenvalue weighted by molar-refractivity contribution is 5.85. The lowest BCUT2D eigenvalue weighted by Crippen LogP contribution is -2.29. The normalized spacial score (nSPS) is 15.9. The van der Waals surface area contributed by atoms with E-state index in [-0.39, 0.29) is 12.4 Å². The maximum atomic E-state index is 5.32. The van der Waals surface area contributed by atoms with Crippen LogP contribution in [0.25, 0.3) is 0 Å². The quantitative estimate of drug-likeness (QED) is 0.840. The van der Waals surface area contributed by atoms with Gasteiger partial charge in [0.15, 0.2) is 11.5 Å². The molecule has 0 radical (unpaired) electrons. The van der Waals surface area contributed by atoms with Crippen LogP contribution in [-0.4, -0.2) is 32.2 Å². The smallest absolute Gasteiger partial charge is 0.161 e. The van der Waals surface area contributed by atoms with Crippen LogP contribution in [0.3, 0.4) is 0 Å². The Morgan fingerprint density at radius 3 is 2.28 bits per heavy atom. The van der Waals surface area contributed by atoms with Crippen LogP contribution in [0.2, 0.25) is 0 Å². The lowest BCUT2D eigenvalue weighted by molar-refractivity contribution is 0.220. The van der Waals surface area contributed by atoms with Gasteiger partial charge in [-0.3, -0.25) is 4.90 Å². The molecular formula is C14H22ClNO2. The second-order valence-corrected chi connectivity index (χ2v) is 4.53. The Kier molecular flexibility index (Phi) is 6.30. The summed E-state index contributed by atoms with van der Waals surface area (Å²) in [7, 11) is 3.35. The number of piperidine rings is 1. The molecule has 4 heteroatoms. The van der Waals surface area contributed by atoms with Gasteiger partial charge in [-0.15, -0.1) is 12.4 Å². The number of rotatable bonds is 4. The molecule has 1 aromatic carbocycles. The maximum absolute atomic E-state index is 5.32. The average molecular weight is 272 g/mol. The lowest BCUT2D eigenvalue weighted by Gasteiger charge is -2.26. The Balaban J connectivity index is 0.00000162. The van der Waals surface area contributed by atoms with E-state index in [1.807, 2.05) is 6.07 Å². The van der Waals surface area contributed by atoms with E-state index in [0.717, 1.165) is 18.0 Å². The van der Waals surface area contributed by atoms with Crippen LogP contribution in [0.4, 0.5) is 0 Å². The van der Waals surface area contributed by atoms with Gasteiger partial charge in [0.1, 0.15) is 0 Å². The molecule has 0 bridgehead atoms. The van der Waals surface area contributed by atoms with E-state index in [0.29, 0.717) is 0 Å². The van der Waals surface area contributed by atoms with Gasteiger partial charge < -0.3 is 9.47 Å². The number of likely N-dealkylation sites (tertiary alicyclic amines) is 1. The summed E-state index contributed by atoms with van der Waals surface area (Å²) in [6, 6.07) is 6.18. The molecule has 0 amide bonds. The van der Waals surface area contributed by atoms with E-state index in [4.69, 9.17) is 9.47 Å². The first-order valence-corrected chi connectivity index (χ1v) is 6.27. The van der Waals surface area contributed by atoms with E-state index in [1.54, 1.807) is 14.2 Å². The number of benzene rings is 1. The van der Waals surface area contributed by atoms with Crippen molar-refractivity contribution in [2.75, 3.05) is 27.3 Å². The highest BCUT2D eigenvalue weighted by Crippen LogP contribution is 2.28. The number of methoxy groups -OCH3 is 2. The summed E-state index contributed by atoms with van der Waals surface area (Å²) < 4.78 is 10.6. The Hall–Kier alpha value is -0.930. The molecule has 0 aromatic heterocycles. The van der Waals surface area contributed by atoms with Crippen molar-refractivity contribution in [2.45, 2.75) is 25.8 Å². The molecule has 0 spiro atoms. The molecule has 1 aromatic rings. The van der Waals surface area contributed by atoms with Crippen molar-refractivity contribution in [1.82, 2.24) is 4.90 Å². The molecule has 18 heavy (non-hydrogen) atoms. The molecule has 1 aliphatic rings. The molecule has 0 atom stereocenters. The lowest BCUT2D eigenvalue weighted by atomic mass is 10.1. The summed E-state index contributed by atoms with van der Waals surface area (Å²) in [5.74, 6) is 1.62. The molecule has 102 valence electrons. The third-order valence-electron chi connectivity index (χ3n) is 3.30. The number of nitrogens with zero attached hydrogens (tertiary/aromatic N) is 1. The van der Waals surface area contributed by atoms with Crippen molar-refractivity contribution >= 4 is 12.4 Å². The minimum Gasteiger partial charge on any atom is -0.493 e. The Bertz CT molecular complexity index is 365. The van der Waals surface area contributed by atoms with Crippen LogP contribution >= 0.6 is 12.4 Å². The van der Waals surface area contributed by atoms with Crippen LogP contribution in [0.15, 0.2) is 18.2 Å². The van der Waals surface area contributed by atoms with Crippen molar-refractivity contribution in [2.24, 2.45) is 0 Å². The van der Waals surface area contributed by atoms with Gasteiger partial charge in [-0.25, -0.2) is 0 Å². The van der Waals surface area contributed by atoms with E-state index < -0.39 is 0 Å². The van der Waals surface area contributed by atoms with E-state index in [9.17, 15) is 0 Å². The second kappa shape index (κ2) is 7.49. The zero-order valence-corrected chi connectivity index (χ0v) is 12.0. The highest BCUT2D eigenvalue weighted by Gasteiger charge is 2.11. The van der Waals surface area contributed by atoms with Crippen molar-refractivity contribution in [3.8, 4) is 11.5 Å². The van der Waals surface area contributed by atoms with Crippen LogP contribution in [-0.2, 0) is 6.54 Å². The number of hydrogen-bond donors (Lipinski definition) is 0. The summed E-state index contributed by atoms with van der Waals surface area (Å²) >= 11 is 0. The standard InChI is InChI=1S/C14H21NO2.ClH/c1-16-13-7-6-12(10-14(13)17-2)11-15-8-4-3-5-9-15;/h6-7,10H,3-5,8-9,11H2,1-2H3;1H. The molecule has 1 heterocycles. The van der Waals surface area contributed by atoms with Gasteiger partial charge >= 0.3 is 0 Å². The molecule has 1 aliphatic heterocycles. The van der Waals surface area contributed by atoms with E-state index in [2.05, 4.69) is 17.0 Å². The van der Waals surface area contributed by atoms with E-state index in [1.165, 1.54) is 37.9 Å². The molecule has 3 nitrogen and oxygen atoms in total. The number of ether oxygens (including phenoxy) is 2. The van der Waals surface area contributed by atoms with Gasteiger partial charge in [0.2, 0.25) is 0 Å². The third-order valence-corrected chi connectivity index (χ3v) is 3.30. The third kappa shape index (κ3) is 3.79. The predicted octanol–water partition coefficient (Wildman–Crippen LogP) is 3.11. The van der Waals surface area contributed by atoms with Crippen LogP contribution in [0.1, 0.15) is 24.8 Å². The van der Waals surface area contributed by atoms with Crippen molar-refractivity contribution in [3.63, 3.8) is 0 Å². The van der Waals surface area contributed by atoms with Gasteiger partial charge in [-0.1, -0.05) is 12.5 Å². The fourth-order valence-electron chi connectivity index (χ4n) is 2.35. The molecular weight excluding hydrogens is 250 g/mol. The molecule has 1 saturated heterocycles. The monoisotopic (exact) mass is 271 g/mol. The molecule has 2 rings (SSSR count). The topological polar surface area (TPSA) is 21.7 Å². The van der Waals surface area contributed by atoms with Crippen molar-refractivity contribution in [3.05, 3.63) is 23.8 Å². The van der Waals surface area contributed by atoms with Crippen LogP contribution in [0.5, 0.6) is 11.5 Å². The SMILES string of the molecule is COc1ccc(CN2CCCCC2)cc1OC.Cl. The largest absolute Gasteiger partial charge is 0.493 e. The van der Waals surface area contributed by atoms with Crippen molar-refractivity contribution < 1.29 is 9.47 Å². The van der Waals surface area contributed by atoms with Gasteiger partial charge in [0.25, 0.3) is 0 Å². The van der Waals surface area contributed by atoms with Crippen LogP contribution in [0, 0.1) is 0 Å². The first-order chi connectivity index (χ1) is 8.33. The average Bonchev–Trinajstić information content (AvgIpc) is 2.40. The van der Waals surface area contributed by atoms with Crippen LogP contribution < -0.4 is 9.47 Å². The fraction of sp³-hybridized carbons (Fsp3) is 0.571. The summed E-state index contributed by atoms with van der Waals surface area (Å²) in [4.78, 5) is 2.50. The second-order valence-electron chi connectivity index (χ2n) is 4.53. The first kappa shape index (κ1) is 15.1. The van der Waals surface area contributed by atoms with Gasteiger partial charge in [-0.2, -0.15) is 0 Å². The molecule has 0 aliphatic carbocycles. The zero-order valence-electron chi connectivity index (χ0n) is 11.1. The van der Waals surface area contributed by atoms with E-state index >= 15 is 0 Å². The summed E-state index contributed by atoms with van der Waals surface area (Å²) in [5, 5.41) is 0.